The van der Waals surface area contributed by atoms with Crippen LogP contribution in [-0.4, -0.2) is 13.1 Å². The molecule has 1 rings (SSSR count). The molecule has 2 heteroatoms. The maximum absolute atomic E-state index is 5.68. The monoisotopic (exact) mass is 164 g/mol. The van der Waals surface area contributed by atoms with E-state index in [1.807, 2.05) is 14.0 Å². The van der Waals surface area contributed by atoms with Crippen molar-refractivity contribution in [3.8, 4) is 0 Å². The van der Waals surface area contributed by atoms with Crippen LogP contribution in [0.3, 0.4) is 0 Å². The van der Waals surface area contributed by atoms with Gasteiger partial charge < -0.3 is 11.1 Å². The summed E-state index contributed by atoms with van der Waals surface area (Å²) in [6.07, 6.45) is 0.948. The second-order valence-corrected chi connectivity index (χ2v) is 3.13. The number of benzene rings is 1. The predicted molar refractivity (Wildman–Crippen MR) is 53.3 cm³/mol. The average Bonchev–Trinajstić information content (AvgIpc) is 2.05. The van der Waals surface area contributed by atoms with E-state index in [2.05, 4.69) is 29.6 Å². The molecule has 0 radical (unpaired) electrons. The molecular formula is C10H16N2. The van der Waals surface area contributed by atoms with Crippen LogP contribution >= 0.6 is 0 Å². The van der Waals surface area contributed by atoms with Gasteiger partial charge >= 0.3 is 0 Å². The van der Waals surface area contributed by atoms with Crippen LogP contribution < -0.4 is 11.1 Å². The molecule has 66 valence electrons. The third-order valence-corrected chi connectivity index (χ3v) is 1.80. The molecule has 0 aliphatic rings. The predicted octanol–water partition coefficient (Wildman–Crippen LogP) is 1.62. The Morgan fingerprint density at radius 1 is 1.33 bits per heavy atom. The number of hydrogen-bond donors (Lipinski definition) is 2. The number of hydrogen-bond acceptors (Lipinski definition) is 2. The molecule has 0 heterocycles. The van der Waals surface area contributed by atoms with Crippen molar-refractivity contribution in [1.82, 2.24) is 0 Å². The topological polar surface area (TPSA) is 38.0 Å². The third-order valence-electron chi connectivity index (χ3n) is 1.80. The van der Waals surface area contributed by atoms with Crippen molar-refractivity contribution in [2.75, 3.05) is 12.4 Å². The Morgan fingerprint density at radius 2 is 1.92 bits per heavy atom. The largest absolute Gasteiger partial charge is 0.388 e. The van der Waals surface area contributed by atoms with E-state index in [4.69, 9.17) is 5.73 Å². The molecular weight excluding hydrogens is 148 g/mol. The molecule has 0 amide bonds. The first kappa shape index (κ1) is 9.07. The summed E-state index contributed by atoms with van der Waals surface area (Å²) < 4.78 is 0. The molecule has 1 aromatic rings. The Labute approximate surface area is 73.8 Å². The molecule has 0 saturated carbocycles. The first-order chi connectivity index (χ1) is 5.72. The summed E-state index contributed by atoms with van der Waals surface area (Å²) in [7, 11) is 1.92. The van der Waals surface area contributed by atoms with Crippen molar-refractivity contribution < 1.29 is 0 Å². The van der Waals surface area contributed by atoms with Gasteiger partial charge in [-0.15, -0.1) is 0 Å². The molecule has 0 aliphatic heterocycles. The molecule has 1 atom stereocenters. The summed E-state index contributed by atoms with van der Waals surface area (Å²) in [6.45, 7) is 2.02. The summed E-state index contributed by atoms with van der Waals surface area (Å²) in [5, 5.41) is 3.08. The average molecular weight is 164 g/mol. The van der Waals surface area contributed by atoms with Gasteiger partial charge in [-0.2, -0.15) is 0 Å². The first-order valence-electron chi connectivity index (χ1n) is 4.24. The van der Waals surface area contributed by atoms with Gasteiger partial charge in [0.1, 0.15) is 0 Å². The standard InChI is InChI=1S/C10H16N2/c1-8(11)7-9-3-5-10(12-2)6-4-9/h3-6,8,12H,7,11H2,1-2H3. The molecule has 0 bridgehead atoms. The normalized spacial score (nSPS) is 12.6. The van der Waals surface area contributed by atoms with Gasteiger partial charge in [0.05, 0.1) is 0 Å². The van der Waals surface area contributed by atoms with Crippen molar-refractivity contribution >= 4 is 5.69 Å². The van der Waals surface area contributed by atoms with Crippen molar-refractivity contribution in [1.29, 1.82) is 0 Å². The van der Waals surface area contributed by atoms with Crippen molar-refractivity contribution in [2.45, 2.75) is 19.4 Å². The van der Waals surface area contributed by atoms with Crippen LogP contribution in [0.2, 0.25) is 0 Å². The minimum absolute atomic E-state index is 0.241. The van der Waals surface area contributed by atoms with Gasteiger partial charge in [0.15, 0.2) is 0 Å². The highest BCUT2D eigenvalue weighted by molar-refractivity contribution is 5.43. The van der Waals surface area contributed by atoms with Gasteiger partial charge in [0.25, 0.3) is 0 Å². The Kier molecular flexibility index (Phi) is 3.11. The first-order valence-corrected chi connectivity index (χ1v) is 4.24. The SMILES string of the molecule is CNc1ccc(CC(C)N)cc1. The molecule has 0 aromatic heterocycles. The third kappa shape index (κ3) is 2.55. The molecule has 1 unspecified atom stereocenters. The highest BCUT2D eigenvalue weighted by Crippen LogP contribution is 2.09. The van der Waals surface area contributed by atoms with Crippen LogP contribution in [0.15, 0.2) is 24.3 Å². The lowest BCUT2D eigenvalue weighted by Crippen LogP contribution is -2.17. The molecule has 12 heavy (non-hydrogen) atoms. The van der Waals surface area contributed by atoms with Gasteiger partial charge in [-0.1, -0.05) is 12.1 Å². The van der Waals surface area contributed by atoms with Crippen LogP contribution in [0.4, 0.5) is 5.69 Å². The second-order valence-electron chi connectivity index (χ2n) is 3.13. The summed E-state index contributed by atoms with van der Waals surface area (Å²) in [5.74, 6) is 0. The zero-order chi connectivity index (χ0) is 8.97. The molecule has 0 fully saturated rings. The van der Waals surface area contributed by atoms with Gasteiger partial charge in [-0.25, -0.2) is 0 Å². The van der Waals surface area contributed by atoms with E-state index < -0.39 is 0 Å². The van der Waals surface area contributed by atoms with E-state index in [0.29, 0.717) is 0 Å². The number of nitrogens with one attached hydrogen (secondary N) is 1. The fraction of sp³-hybridized carbons (Fsp3) is 0.400. The summed E-state index contributed by atoms with van der Waals surface area (Å²) in [4.78, 5) is 0. The van der Waals surface area contributed by atoms with E-state index >= 15 is 0 Å². The summed E-state index contributed by atoms with van der Waals surface area (Å²) in [6, 6.07) is 8.59. The summed E-state index contributed by atoms with van der Waals surface area (Å²) >= 11 is 0. The van der Waals surface area contributed by atoms with Crippen LogP contribution in [0.5, 0.6) is 0 Å². The Bertz CT molecular complexity index is 226. The zero-order valence-corrected chi connectivity index (χ0v) is 7.67. The van der Waals surface area contributed by atoms with Crippen molar-refractivity contribution in [3.05, 3.63) is 29.8 Å². The van der Waals surface area contributed by atoms with Crippen LogP contribution in [0.25, 0.3) is 0 Å². The number of rotatable bonds is 3. The van der Waals surface area contributed by atoms with Crippen molar-refractivity contribution in [2.24, 2.45) is 5.73 Å². The number of anilines is 1. The van der Waals surface area contributed by atoms with E-state index in [-0.39, 0.29) is 6.04 Å². The van der Waals surface area contributed by atoms with Gasteiger partial charge in [0, 0.05) is 18.8 Å². The maximum atomic E-state index is 5.68. The molecule has 1 aromatic carbocycles. The summed E-state index contributed by atoms with van der Waals surface area (Å²) in [5.41, 5.74) is 8.12. The number of nitrogens with two attached hydrogens (primary N) is 1. The van der Waals surface area contributed by atoms with E-state index in [9.17, 15) is 0 Å². The highest BCUT2D eigenvalue weighted by Gasteiger charge is 1.96. The molecule has 0 saturated heterocycles. The Hall–Kier alpha value is -1.02. The Morgan fingerprint density at radius 3 is 2.33 bits per heavy atom. The molecule has 3 N–H and O–H groups in total. The fourth-order valence-electron chi connectivity index (χ4n) is 1.18. The molecule has 2 nitrogen and oxygen atoms in total. The van der Waals surface area contributed by atoms with Gasteiger partial charge in [-0.05, 0) is 31.0 Å². The highest BCUT2D eigenvalue weighted by atomic mass is 14.8. The fourth-order valence-corrected chi connectivity index (χ4v) is 1.18. The van der Waals surface area contributed by atoms with E-state index in [1.54, 1.807) is 0 Å². The van der Waals surface area contributed by atoms with Gasteiger partial charge in [-0.3, -0.25) is 0 Å². The molecule has 0 aliphatic carbocycles. The minimum Gasteiger partial charge on any atom is -0.388 e. The quantitative estimate of drug-likeness (QED) is 0.712. The zero-order valence-electron chi connectivity index (χ0n) is 7.67. The van der Waals surface area contributed by atoms with Crippen LogP contribution in [-0.2, 0) is 6.42 Å². The Balaban J connectivity index is 2.65. The smallest absolute Gasteiger partial charge is 0.0337 e. The molecule has 0 spiro atoms. The lowest BCUT2D eigenvalue weighted by Gasteiger charge is -2.05. The van der Waals surface area contributed by atoms with Crippen LogP contribution in [0.1, 0.15) is 12.5 Å². The van der Waals surface area contributed by atoms with Crippen molar-refractivity contribution in [3.63, 3.8) is 0 Å². The van der Waals surface area contributed by atoms with Crippen LogP contribution in [0, 0.1) is 0 Å². The van der Waals surface area contributed by atoms with E-state index in [1.165, 1.54) is 5.56 Å². The maximum Gasteiger partial charge on any atom is 0.0337 e. The van der Waals surface area contributed by atoms with E-state index in [0.717, 1.165) is 12.1 Å². The lowest BCUT2D eigenvalue weighted by atomic mass is 10.1. The minimum atomic E-state index is 0.241. The van der Waals surface area contributed by atoms with Gasteiger partial charge in [0.2, 0.25) is 0 Å². The lowest BCUT2D eigenvalue weighted by molar-refractivity contribution is 0.738. The second kappa shape index (κ2) is 4.12.